The van der Waals surface area contributed by atoms with Gasteiger partial charge in [0.15, 0.2) is 0 Å². The van der Waals surface area contributed by atoms with E-state index in [2.05, 4.69) is 30.4 Å². The highest BCUT2D eigenvalue weighted by Crippen LogP contribution is 2.34. The Labute approximate surface area is 119 Å². The van der Waals surface area contributed by atoms with E-state index in [1.807, 2.05) is 6.07 Å². The summed E-state index contributed by atoms with van der Waals surface area (Å²) in [7, 11) is 0. The molecule has 0 radical (unpaired) electrons. The Balaban J connectivity index is 1.88. The average Bonchev–Trinajstić information content (AvgIpc) is 2.46. The molecule has 0 saturated carbocycles. The van der Waals surface area contributed by atoms with Gasteiger partial charge in [-0.1, -0.05) is 31.2 Å². The maximum Gasteiger partial charge on any atom is 0.123 e. The predicted octanol–water partition coefficient (Wildman–Crippen LogP) is 4.73. The van der Waals surface area contributed by atoms with Gasteiger partial charge >= 0.3 is 0 Å². The highest BCUT2D eigenvalue weighted by molar-refractivity contribution is 5.56. The first-order valence-corrected chi connectivity index (χ1v) is 7.37. The van der Waals surface area contributed by atoms with Gasteiger partial charge in [0.25, 0.3) is 0 Å². The van der Waals surface area contributed by atoms with Gasteiger partial charge in [-0.05, 0) is 60.1 Å². The largest absolute Gasteiger partial charge is 0.385 e. The lowest BCUT2D eigenvalue weighted by molar-refractivity contribution is 0.608. The van der Waals surface area contributed by atoms with Gasteiger partial charge in [-0.2, -0.15) is 0 Å². The molecule has 1 aliphatic heterocycles. The zero-order valence-electron chi connectivity index (χ0n) is 11.8. The number of anilines is 1. The smallest absolute Gasteiger partial charge is 0.123 e. The van der Waals surface area contributed by atoms with Crippen molar-refractivity contribution >= 4 is 5.69 Å². The minimum absolute atomic E-state index is 0.159. The Kier molecular flexibility index (Phi) is 3.72. The zero-order chi connectivity index (χ0) is 13.9. The molecule has 1 unspecified atom stereocenters. The van der Waals surface area contributed by atoms with Crippen LogP contribution in [-0.2, 0) is 6.42 Å². The minimum atomic E-state index is -0.159. The van der Waals surface area contributed by atoms with E-state index in [4.69, 9.17) is 0 Å². The van der Waals surface area contributed by atoms with Gasteiger partial charge in [-0.25, -0.2) is 4.39 Å². The number of fused-ring (bicyclic) bond motifs is 1. The molecule has 104 valence electrons. The molecule has 1 nitrogen and oxygen atoms in total. The van der Waals surface area contributed by atoms with Crippen molar-refractivity contribution in [2.24, 2.45) is 0 Å². The van der Waals surface area contributed by atoms with E-state index in [0.717, 1.165) is 18.5 Å². The third-order valence-corrected chi connectivity index (χ3v) is 4.15. The summed E-state index contributed by atoms with van der Waals surface area (Å²) in [5.41, 5.74) is 4.98. The molecule has 1 heterocycles. The Morgan fingerprint density at radius 2 is 2.00 bits per heavy atom. The van der Waals surface area contributed by atoms with E-state index < -0.39 is 0 Å². The molecular formula is C18H20FN. The summed E-state index contributed by atoms with van der Waals surface area (Å²) in [5, 5.41) is 3.47. The SMILES string of the molecule is CCC1CCNc2ccc(Cc3cccc(F)c3)cc21. The third-order valence-electron chi connectivity index (χ3n) is 4.15. The molecule has 0 saturated heterocycles. The van der Waals surface area contributed by atoms with Crippen molar-refractivity contribution in [2.75, 3.05) is 11.9 Å². The van der Waals surface area contributed by atoms with E-state index >= 15 is 0 Å². The first-order chi connectivity index (χ1) is 9.76. The van der Waals surface area contributed by atoms with E-state index in [1.165, 1.54) is 35.7 Å². The average molecular weight is 269 g/mol. The molecule has 20 heavy (non-hydrogen) atoms. The van der Waals surface area contributed by atoms with Crippen molar-refractivity contribution in [3.63, 3.8) is 0 Å². The predicted molar refractivity (Wildman–Crippen MR) is 81.8 cm³/mol. The fourth-order valence-corrected chi connectivity index (χ4v) is 3.06. The van der Waals surface area contributed by atoms with Crippen molar-refractivity contribution in [3.8, 4) is 0 Å². The molecule has 1 atom stereocenters. The van der Waals surface area contributed by atoms with Crippen LogP contribution in [-0.4, -0.2) is 6.54 Å². The minimum Gasteiger partial charge on any atom is -0.385 e. The van der Waals surface area contributed by atoms with E-state index in [9.17, 15) is 4.39 Å². The number of halogens is 1. The summed E-state index contributed by atoms with van der Waals surface area (Å²) in [6.07, 6.45) is 3.17. The van der Waals surface area contributed by atoms with E-state index in [0.29, 0.717) is 5.92 Å². The number of hydrogen-bond acceptors (Lipinski definition) is 1. The van der Waals surface area contributed by atoms with Crippen LogP contribution in [0.5, 0.6) is 0 Å². The first-order valence-electron chi connectivity index (χ1n) is 7.37. The zero-order valence-corrected chi connectivity index (χ0v) is 11.8. The van der Waals surface area contributed by atoms with Gasteiger partial charge < -0.3 is 5.32 Å². The lowest BCUT2D eigenvalue weighted by Gasteiger charge is -2.26. The summed E-state index contributed by atoms with van der Waals surface area (Å²) < 4.78 is 13.2. The van der Waals surface area contributed by atoms with Crippen LogP contribution in [0.25, 0.3) is 0 Å². The van der Waals surface area contributed by atoms with Crippen molar-refractivity contribution in [2.45, 2.75) is 32.1 Å². The monoisotopic (exact) mass is 269 g/mol. The molecule has 2 heteroatoms. The Bertz CT molecular complexity index is 606. The summed E-state index contributed by atoms with van der Waals surface area (Å²) in [6.45, 7) is 3.31. The summed E-state index contributed by atoms with van der Waals surface area (Å²) in [4.78, 5) is 0. The van der Waals surface area contributed by atoms with Crippen LogP contribution in [0.4, 0.5) is 10.1 Å². The molecule has 3 rings (SSSR count). The highest BCUT2D eigenvalue weighted by atomic mass is 19.1. The number of rotatable bonds is 3. The van der Waals surface area contributed by atoms with Gasteiger partial charge in [0.05, 0.1) is 0 Å². The van der Waals surface area contributed by atoms with E-state index in [-0.39, 0.29) is 5.82 Å². The normalized spacial score (nSPS) is 17.4. The molecule has 1 N–H and O–H groups in total. The fourth-order valence-electron chi connectivity index (χ4n) is 3.06. The van der Waals surface area contributed by atoms with Crippen LogP contribution in [0.3, 0.4) is 0 Å². The van der Waals surface area contributed by atoms with Crippen LogP contribution in [0, 0.1) is 5.82 Å². The molecule has 2 aromatic carbocycles. The molecule has 2 aromatic rings. The van der Waals surface area contributed by atoms with Crippen molar-refractivity contribution in [1.29, 1.82) is 0 Å². The van der Waals surface area contributed by atoms with Crippen LogP contribution in [0.15, 0.2) is 42.5 Å². The van der Waals surface area contributed by atoms with Crippen LogP contribution in [0.1, 0.15) is 42.4 Å². The number of hydrogen-bond donors (Lipinski definition) is 1. The standard InChI is InChI=1S/C18H20FN/c1-2-15-8-9-20-18-7-6-14(12-17(15)18)10-13-4-3-5-16(19)11-13/h3-7,11-12,15,20H,2,8-10H2,1H3. The second kappa shape index (κ2) is 5.66. The Morgan fingerprint density at radius 3 is 2.80 bits per heavy atom. The number of benzene rings is 2. The Morgan fingerprint density at radius 1 is 1.15 bits per heavy atom. The maximum absolute atomic E-state index is 13.2. The van der Waals surface area contributed by atoms with Crippen LogP contribution >= 0.6 is 0 Å². The lowest BCUT2D eigenvalue weighted by atomic mass is 9.87. The first kappa shape index (κ1) is 13.2. The van der Waals surface area contributed by atoms with Gasteiger partial charge in [-0.15, -0.1) is 0 Å². The summed E-state index contributed by atoms with van der Waals surface area (Å²) in [6, 6.07) is 13.5. The molecule has 0 amide bonds. The van der Waals surface area contributed by atoms with Crippen LogP contribution in [0.2, 0.25) is 0 Å². The second-order valence-electron chi connectivity index (χ2n) is 5.55. The van der Waals surface area contributed by atoms with Crippen molar-refractivity contribution in [1.82, 2.24) is 0 Å². The van der Waals surface area contributed by atoms with Gasteiger partial charge in [-0.3, -0.25) is 0 Å². The molecular weight excluding hydrogens is 249 g/mol. The Hall–Kier alpha value is -1.83. The summed E-state index contributed by atoms with van der Waals surface area (Å²) >= 11 is 0. The maximum atomic E-state index is 13.2. The molecule has 1 aliphatic rings. The topological polar surface area (TPSA) is 12.0 Å². The fraction of sp³-hybridized carbons (Fsp3) is 0.333. The molecule has 0 aromatic heterocycles. The molecule has 0 bridgehead atoms. The molecule has 0 aliphatic carbocycles. The summed E-state index contributed by atoms with van der Waals surface area (Å²) in [5.74, 6) is 0.493. The second-order valence-corrected chi connectivity index (χ2v) is 5.55. The van der Waals surface area contributed by atoms with Gasteiger partial charge in [0, 0.05) is 12.2 Å². The van der Waals surface area contributed by atoms with Gasteiger partial charge in [0.2, 0.25) is 0 Å². The molecule has 0 fully saturated rings. The van der Waals surface area contributed by atoms with Gasteiger partial charge in [0.1, 0.15) is 5.82 Å². The quantitative estimate of drug-likeness (QED) is 0.849. The third kappa shape index (κ3) is 2.69. The van der Waals surface area contributed by atoms with Crippen molar-refractivity contribution in [3.05, 3.63) is 65.0 Å². The van der Waals surface area contributed by atoms with Crippen molar-refractivity contribution < 1.29 is 4.39 Å². The highest BCUT2D eigenvalue weighted by Gasteiger charge is 2.18. The van der Waals surface area contributed by atoms with Crippen LogP contribution < -0.4 is 5.32 Å². The lowest BCUT2D eigenvalue weighted by Crippen LogP contribution is -2.16. The van der Waals surface area contributed by atoms with E-state index in [1.54, 1.807) is 12.1 Å². The molecule has 0 spiro atoms. The number of nitrogens with one attached hydrogen (secondary N) is 1.